The number of benzene rings is 1. The average Bonchev–Trinajstić information content (AvgIpc) is 2.50. The van der Waals surface area contributed by atoms with Gasteiger partial charge in [0.1, 0.15) is 6.04 Å². The summed E-state index contributed by atoms with van der Waals surface area (Å²) in [6.45, 7) is 0. The molecule has 0 radical (unpaired) electrons. The second-order valence-electron chi connectivity index (χ2n) is 4.25. The SMILES string of the molecule is COC(=O)[C@H](CCSC)NC(=O)c1ccc(F)c([N+](=O)[O-])c1. The van der Waals surface area contributed by atoms with E-state index in [1.807, 2.05) is 6.26 Å². The fraction of sp³-hybridized carbons (Fsp3) is 0.385. The molecule has 1 aromatic rings. The highest BCUT2D eigenvalue weighted by Gasteiger charge is 2.23. The summed E-state index contributed by atoms with van der Waals surface area (Å²) in [6.07, 6.45) is 2.20. The summed E-state index contributed by atoms with van der Waals surface area (Å²) >= 11 is 1.49. The molecule has 0 fully saturated rings. The molecule has 0 aromatic heterocycles. The Hall–Kier alpha value is -2.16. The van der Waals surface area contributed by atoms with Gasteiger partial charge < -0.3 is 10.1 Å². The number of esters is 1. The van der Waals surface area contributed by atoms with Crippen molar-refractivity contribution in [2.24, 2.45) is 0 Å². The van der Waals surface area contributed by atoms with E-state index in [2.05, 4.69) is 10.1 Å². The van der Waals surface area contributed by atoms with E-state index in [0.29, 0.717) is 12.2 Å². The molecule has 0 unspecified atom stereocenters. The Labute approximate surface area is 130 Å². The van der Waals surface area contributed by atoms with E-state index in [-0.39, 0.29) is 5.56 Å². The van der Waals surface area contributed by atoms with Crippen molar-refractivity contribution < 1.29 is 23.6 Å². The number of methoxy groups -OCH3 is 1. The lowest BCUT2D eigenvalue weighted by Crippen LogP contribution is -2.42. The molecule has 1 atom stereocenters. The number of nitro groups is 1. The minimum atomic E-state index is -1.03. The lowest BCUT2D eigenvalue weighted by molar-refractivity contribution is -0.387. The van der Waals surface area contributed by atoms with Crippen LogP contribution in [0, 0.1) is 15.9 Å². The zero-order valence-electron chi connectivity index (χ0n) is 12.0. The van der Waals surface area contributed by atoms with Crippen molar-refractivity contribution in [1.29, 1.82) is 0 Å². The summed E-state index contributed by atoms with van der Waals surface area (Å²) in [5.74, 6) is -1.74. The van der Waals surface area contributed by atoms with Crippen LogP contribution in [-0.2, 0) is 9.53 Å². The van der Waals surface area contributed by atoms with Crippen LogP contribution in [0.4, 0.5) is 10.1 Å². The maximum Gasteiger partial charge on any atom is 0.328 e. The van der Waals surface area contributed by atoms with Crippen molar-refractivity contribution in [3.63, 3.8) is 0 Å². The molecule has 0 bridgehead atoms. The molecule has 1 N–H and O–H groups in total. The van der Waals surface area contributed by atoms with Gasteiger partial charge in [-0.3, -0.25) is 14.9 Å². The van der Waals surface area contributed by atoms with E-state index in [1.54, 1.807) is 0 Å². The van der Waals surface area contributed by atoms with Crippen molar-refractivity contribution in [2.45, 2.75) is 12.5 Å². The van der Waals surface area contributed by atoms with Gasteiger partial charge in [0, 0.05) is 11.6 Å². The smallest absolute Gasteiger partial charge is 0.328 e. The summed E-state index contributed by atoms with van der Waals surface area (Å²) in [5.41, 5.74) is -0.905. The second kappa shape index (κ2) is 8.32. The molecule has 0 heterocycles. The van der Waals surface area contributed by atoms with E-state index in [1.165, 1.54) is 18.9 Å². The van der Waals surface area contributed by atoms with Crippen LogP contribution in [0.1, 0.15) is 16.8 Å². The van der Waals surface area contributed by atoms with Gasteiger partial charge >= 0.3 is 11.7 Å². The molecule has 0 saturated heterocycles. The summed E-state index contributed by atoms with van der Waals surface area (Å²) in [6, 6.07) is 1.91. The number of nitrogens with one attached hydrogen (secondary N) is 1. The molecular weight excluding hydrogens is 315 g/mol. The second-order valence-corrected chi connectivity index (χ2v) is 5.24. The predicted molar refractivity (Wildman–Crippen MR) is 79.3 cm³/mol. The third-order valence-electron chi connectivity index (χ3n) is 2.81. The molecule has 0 spiro atoms. The molecule has 0 saturated carbocycles. The van der Waals surface area contributed by atoms with Crippen molar-refractivity contribution >= 4 is 29.3 Å². The Kier molecular flexibility index (Phi) is 6.77. The number of ether oxygens (including phenoxy) is 1. The fourth-order valence-electron chi connectivity index (χ4n) is 1.66. The van der Waals surface area contributed by atoms with Crippen molar-refractivity contribution in [2.75, 3.05) is 19.1 Å². The number of rotatable bonds is 7. The van der Waals surface area contributed by atoms with E-state index in [9.17, 15) is 24.1 Å². The first kappa shape index (κ1) is 17.9. The molecule has 1 aromatic carbocycles. The highest BCUT2D eigenvalue weighted by atomic mass is 32.2. The highest BCUT2D eigenvalue weighted by Crippen LogP contribution is 2.18. The third kappa shape index (κ3) is 4.69. The van der Waals surface area contributed by atoms with Crippen LogP contribution in [0.25, 0.3) is 0 Å². The molecule has 0 aliphatic carbocycles. The number of nitrogens with zero attached hydrogens (tertiary/aromatic N) is 1. The van der Waals surface area contributed by atoms with Gasteiger partial charge in [0.25, 0.3) is 5.91 Å². The molecule has 7 nitrogen and oxygen atoms in total. The minimum absolute atomic E-state index is 0.105. The van der Waals surface area contributed by atoms with Gasteiger partial charge in [-0.1, -0.05) is 0 Å². The van der Waals surface area contributed by atoms with Gasteiger partial charge in [-0.2, -0.15) is 16.2 Å². The lowest BCUT2D eigenvalue weighted by Gasteiger charge is -2.16. The molecule has 22 heavy (non-hydrogen) atoms. The van der Waals surface area contributed by atoms with Crippen LogP contribution in [-0.4, -0.2) is 42.0 Å². The van der Waals surface area contributed by atoms with Gasteiger partial charge in [0.05, 0.1) is 12.0 Å². The topological polar surface area (TPSA) is 98.5 Å². The Bertz CT molecular complexity index is 582. The largest absolute Gasteiger partial charge is 0.467 e. The van der Waals surface area contributed by atoms with Crippen LogP contribution in [0.3, 0.4) is 0 Å². The van der Waals surface area contributed by atoms with E-state index >= 15 is 0 Å². The first-order valence-electron chi connectivity index (χ1n) is 6.22. The number of hydrogen-bond acceptors (Lipinski definition) is 6. The van der Waals surface area contributed by atoms with Crippen LogP contribution < -0.4 is 5.32 Å². The van der Waals surface area contributed by atoms with Gasteiger partial charge in [-0.05, 0) is 30.6 Å². The minimum Gasteiger partial charge on any atom is -0.467 e. The van der Waals surface area contributed by atoms with Crippen molar-refractivity contribution in [3.05, 3.63) is 39.7 Å². The van der Waals surface area contributed by atoms with Crippen molar-refractivity contribution in [1.82, 2.24) is 5.32 Å². The zero-order chi connectivity index (χ0) is 16.7. The summed E-state index contributed by atoms with van der Waals surface area (Å²) in [7, 11) is 1.20. The number of hydrogen-bond donors (Lipinski definition) is 1. The van der Waals surface area contributed by atoms with Crippen LogP contribution >= 0.6 is 11.8 Å². The molecule has 0 aliphatic rings. The van der Waals surface area contributed by atoms with Crippen molar-refractivity contribution in [3.8, 4) is 0 Å². The molecule has 0 aliphatic heterocycles. The average molecular weight is 330 g/mol. The highest BCUT2D eigenvalue weighted by molar-refractivity contribution is 7.98. The van der Waals surface area contributed by atoms with E-state index < -0.39 is 34.3 Å². The summed E-state index contributed by atoms with van der Waals surface area (Å²) < 4.78 is 17.8. The standard InChI is InChI=1S/C13H15FN2O5S/c1-21-13(18)10(5-6-22-2)15-12(17)8-3-4-9(14)11(7-8)16(19)20/h3-4,7,10H,5-6H2,1-2H3,(H,15,17)/t10-/m0/s1. The Morgan fingerprint density at radius 3 is 2.73 bits per heavy atom. The molecular formula is C13H15FN2O5S. The van der Waals surface area contributed by atoms with E-state index in [4.69, 9.17) is 0 Å². The number of halogens is 1. The van der Waals surface area contributed by atoms with Gasteiger partial charge in [-0.15, -0.1) is 0 Å². The molecule has 1 amide bonds. The number of nitro benzene ring substituents is 1. The third-order valence-corrected chi connectivity index (χ3v) is 3.45. The van der Waals surface area contributed by atoms with Crippen LogP contribution in [0.2, 0.25) is 0 Å². The summed E-state index contributed by atoms with van der Waals surface area (Å²) in [4.78, 5) is 33.4. The van der Waals surface area contributed by atoms with Crippen LogP contribution in [0.15, 0.2) is 18.2 Å². The Balaban J connectivity index is 2.92. The van der Waals surface area contributed by atoms with E-state index in [0.717, 1.165) is 18.2 Å². The number of thioether (sulfide) groups is 1. The number of carbonyl (C=O) groups is 2. The Morgan fingerprint density at radius 1 is 1.50 bits per heavy atom. The Morgan fingerprint density at radius 2 is 2.18 bits per heavy atom. The maximum atomic E-state index is 13.2. The van der Waals surface area contributed by atoms with Gasteiger partial charge in [0.2, 0.25) is 5.82 Å². The molecule has 1 rings (SSSR count). The predicted octanol–water partition coefficient (Wildman–Crippen LogP) is 1.76. The summed E-state index contributed by atoms with van der Waals surface area (Å²) in [5, 5.41) is 13.1. The van der Waals surface area contributed by atoms with Gasteiger partial charge in [-0.25, -0.2) is 4.79 Å². The first-order valence-corrected chi connectivity index (χ1v) is 7.61. The first-order chi connectivity index (χ1) is 10.4. The van der Waals surface area contributed by atoms with Gasteiger partial charge in [0.15, 0.2) is 0 Å². The maximum absolute atomic E-state index is 13.2. The zero-order valence-corrected chi connectivity index (χ0v) is 12.8. The quantitative estimate of drug-likeness (QED) is 0.465. The van der Waals surface area contributed by atoms with Crippen LogP contribution in [0.5, 0.6) is 0 Å². The lowest BCUT2D eigenvalue weighted by atomic mass is 10.1. The molecule has 9 heteroatoms. The number of amides is 1. The monoisotopic (exact) mass is 330 g/mol. The number of carbonyl (C=O) groups excluding carboxylic acids is 2. The molecule has 120 valence electrons. The normalized spacial score (nSPS) is 11.6. The fourth-order valence-corrected chi connectivity index (χ4v) is 2.13.